The van der Waals surface area contributed by atoms with E-state index in [1.165, 1.54) is 12.1 Å². The molecule has 0 spiro atoms. The van der Waals surface area contributed by atoms with Gasteiger partial charge < -0.3 is 10.1 Å². The second-order valence-electron chi connectivity index (χ2n) is 7.11. The number of sulfonamides is 1. The van der Waals surface area contributed by atoms with Crippen molar-refractivity contribution < 1.29 is 18.3 Å². The van der Waals surface area contributed by atoms with Gasteiger partial charge in [-0.2, -0.15) is 4.72 Å². The molecule has 6 nitrogen and oxygen atoms in total. The van der Waals surface area contributed by atoms with Crippen LogP contribution in [0.5, 0.6) is 0 Å². The van der Waals surface area contributed by atoms with Crippen molar-refractivity contribution in [3.63, 3.8) is 0 Å². The topological polar surface area (TPSA) is 99.3 Å². The molecule has 0 fully saturated rings. The number of aromatic nitrogens is 1. The molecule has 31 heavy (non-hydrogen) atoms. The van der Waals surface area contributed by atoms with Crippen LogP contribution < -0.4 is 4.72 Å². The largest absolute Gasteiger partial charge is 0.480 e. The molecule has 0 saturated carbocycles. The van der Waals surface area contributed by atoms with E-state index in [0.717, 1.165) is 27.6 Å². The maximum Gasteiger partial charge on any atom is 0.322 e. The van der Waals surface area contributed by atoms with Crippen LogP contribution in [0.1, 0.15) is 5.56 Å². The molecule has 0 aliphatic carbocycles. The van der Waals surface area contributed by atoms with Crippen molar-refractivity contribution in [1.29, 1.82) is 0 Å². The number of nitrogens with one attached hydrogen (secondary N) is 2. The number of halogens is 1. The fourth-order valence-corrected chi connectivity index (χ4v) is 4.74. The second kappa shape index (κ2) is 8.55. The lowest BCUT2D eigenvalue weighted by Gasteiger charge is -2.15. The highest BCUT2D eigenvalue weighted by atomic mass is 35.5. The number of H-pyrrole nitrogens is 1. The minimum absolute atomic E-state index is 0.00427. The molecule has 158 valence electrons. The third-order valence-electron chi connectivity index (χ3n) is 5.04. The quantitative estimate of drug-likeness (QED) is 0.384. The van der Waals surface area contributed by atoms with E-state index < -0.39 is 22.0 Å². The molecule has 1 atom stereocenters. The highest BCUT2D eigenvalue weighted by Gasteiger charge is 2.26. The van der Waals surface area contributed by atoms with Gasteiger partial charge in [-0.15, -0.1) is 0 Å². The Morgan fingerprint density at radius 3 is 2.23 bits per heavy atom. The predicted octanol–water partition coefficient (Wildman–Crippen LogP) is 4.46. The van der Waals surface area contributed by atoms with E-state index in [2.05, 4.69) is 9.71 Å². The first kappa shape index (κ1) is 21.1. The summed E-state index contributed by atoms with van der Waals surface area (Å²) in [6.45, 7) is 0. The molecule has 3 aromatic carbocycles. The Morgan fingerprint density at radius 1 is 0.968 bits per heavy atom. The van der Waals surface area contributed by atoms with Gasteiger partial charge in [-0.05, 0) is 47.0 Å². The van der Waals surface area contributed by atoms with Crippen molar-refractivity contribution in [2.75, 3.05) is 0 Å². The molecule has 0 aliphatic rings. The van der Waals surface area contributed by atoms with Crippen molar-refractivity contribution in [3.05, 3.63) is 89.6 Å². The van der Waals surface area contributed by atoms with Crippen molar-refractivity contribution in [2.45, 2.75) is 17.4 Å². The number of hydrogen-bond donors (Lipinski definition) is 3. The summed E-state index contributed by atoms with van der Waals surface area (Å²) < 4.78 is 28.0. The summed E-state index contributed by atoms with van der Waals surface area (Å²) >= 11 is 5.90. The fourth-order valence-electron chi connectivity index (χ4n) is 3.42. The number of rotatable bonds is 7. The SMILES string of the molecule is O=C(O)[C@H](Cc1c[nH]c2ccccc12)NS(=O)(=O)c1ccc(-c2ccc(Cl)cc2)cc1. The minimum atomic E-state index is -4.03. The van der Waals surface area contributed by atoms with Crippen LogP contribution in [-0.2, 0) is 21.2 Å². The van der Waals surface area contributed by atoms with E-state index in [1.54, 1.807) is 30.5 Å². The van der Waals surface area contributed by atoms with Crippen LogP contribution in [0.2, 0.25) is 5.02 Å². The van der Waals surface area contributed by atoms with Gasteiger partial charge in [0.2, 0.25) is 10.0 Å². The van der Waals surface area contributed by atoms with Gasteiger partial charge in [-0.3, -0.25) is 4.79 Å². The van der Waals surface area contributed by atoms with Crippen molar-refractivity contribution in [3.8, 4) is 11.1 Å². The molecule has 4 aromatic rings. The molecule has 8 heteroatoms. The molecule has 0 aliphatic heterocycles. The number of carboxylic acid groups (broad SMARTS) is 1. The van der Waals surface area contributed by atoms with E-state index in [0.29, 0.717) is 5.02 Å². The average molecular weight is 455 g/mol. The van der Waals surface area contributed by atoms with Crippen molar-refractivity contribution >= 4 is 38.5 Å². The number of benzene rings is 3. The van der Waals surface area contributed by atoms with Gasteiger partial charge in [0.15, 0.2) is 0 Å². The molecule has 4 rings (SSSR count). The van der Waals surface area contributed by atoms with E-state index in [-0.39, 0.29) is 11.3 Å². The lowest BCUT2D eigenvalue weighted by molar-refractivity contribution is -0.138. The molecule has 0 bridgehead atoms. The summed E-state index contributed by atoms with van der Waals surface area (Å²) in [7, 11) is -4.03. The Bertz CT molecular complexity index is 1330. The van der Waals surface area contributed by atoms with Gasteiger partial charge >= 0.3 is 5.97 Å². The number of carboxylic acids is 1. The Balaban J connectivity index is 1.55. The van der Waals surface area contributed by atoms with Crippen molar-refractivity contribution in [1.82, 2.24) is 9.71 Å². The lowest BCUT2D eigenvalue weighted by Crippen LogP contribution is -2.42. The Morgan fingerprint density at radius 2 is 1.58 bits per heavy atom. The van der Waals surface area contributed by atoms with Crippen LogP contribution in [0.15, 0.2) is 83.9 Å². The molecule has 0 amide bonds. The minimum Gasteiger partial charge on any atom is -0.480 e. The number of fused-ring (bicyclic) bond motifs is 1. The second-order valence-corrected chi connectivity index (χ2v) is 9.26. The summed E-state index contributed by atoms with van der Waals surface area (Å²) in [5, 5.41) is 11.1. The molecule has 0 saturated heterocycles. The van der Waals surface area contributed by atoms with Crippen LogP contribution in [0.3, 0.4) is 0 Å². The van der Waals surface area contributed by atoms with Crippen LogP contribution >= 0.6 is 11.6 Å². The molecule has 3 N–H and O–H groups in total. The molecule has 1 aromatic heterocycles. The highest BCUT2D eigenvalue weighted by Crippen LogP contribution is 2.24. The zero-order valence-corrected chi connectivity index (χ0v) is 17.8. The monoisotopic (exact) mass is 454 g/mol. The maximum atomic E-state index is 12.8. The smallest absolute Gasteiger partial charge is 0.322 e. The van der Waals surface area contributed by atoms with Crippen molar-refractivity contribution in [2.24, 2.45) is 0 Å². The van der Waals surface area contributed by atoms with Gasteiger partial charge in [-0.25, -0.2) is 8.42 Å². The average Bonchev–Trinajstić information content (AvgIpc) is 3.17. The number of para-hydroxylation sites is 1. The van der Waals surface area contributed by atoms with E-state index in [1.807, 2.05) is 36.4 Å². The van der Waals surface area contributed by atoms with E-state index >= 15 is 0 Å². The maximum absolute atomic E-state index is 12.8. The number of aliphatic carboxylic acids is 1. The molecular weight excluding hydrogens is 436 g/mol. The lowest BCUT2D eigenvalue weighted by atomic mass is 10.1. The third kappa shape index (κ3) is 4.64. The Hall–Kier alpha value is -3.13. The third-order valence-corrected chi connectivity index (χ3v) is 6.78. The van der Waals surface area contributed by atoms with Crippen LogP contribution in [0.4, 0.5) is 0 Å². The van der Waals surface area contributed by atoms with Gasteiger partial charge in [0, 0.05) is 28.5 Å². The Kier molecular flexibility index (Phi) is 5.82. The van der Waals surface area contributed by atoms with E-state index in [4.69, 9.17) is 11.6 Å². The molecule has 1 heterocycles. The number of hydrogen-bond acceptors (Lipinski definition) is 3. The normalized spacial score (nSPS) is 12.7. The Labute approximate surface area is 184 Å². The van der Waals surface area contributed by atoms with Crippen LogP contribution in [0, 0.1) is 0 Å². The van der Waals surface area contributed by atoms with Gasteiger partial charge in [-0.1, -0.05) is 54.1 Å². The summed E-state index contributed by atoms with van der Waals surface area (Å²) in [6.07, 6.45) is 1.72. The zero-order valence-electron chi connectivity index (χ0n) is 16.2. The molecule has 0 radical (unpaired) electrons. The summed E-state index contributed by atoms with van der Waals surface area (Å²) in [6, 6.07) is 19.6. The predicted molar refractivity (Wildman–Crippen MR) is 121 cm³/mol. The van der Waals surface area contributed by atoms with Gasteiger partial charge in [0.1, 0.15) is 6.04 Å². The van der Waals surface area contributed by atoms with Crippen LogP contribution in [0.25, 0.3) is 22.0 Å². The fraction of sp³-hybridized carbons (Fsp3) is 0.0870. The standard InChI is InChI=1S/C23H19ClN2O4S/c24-18-9-5-15(6-10-18)16-7-11-19(12-8-16)31(29,30)26-22(23(27)28)13-17-14-25-21-4-2-1-3-20(17)21/h1-12,14,22,25-26H,13H2,(H,27,28)/t22-/m0/s1. The number of carbonyl (C=O) groups is 1. The zero-order chi connectivity index (χ0) is 22.0. The number of aromatic amines is 1. The van der Waals surface area contributed by atoms with Crippen LogP contribution in [-0.4, -0.2) is 30.5 Å². The summed E-state index contributed by atoms with van der Waals surface area (Å²) in [5.74, 6) is -1.24. The van der Waals surface area contributed by atoms with Gasteiger partial charge in [0.25, 0.3) is 0 Å². The summed E-state index contributed by atoms with van der Waals surface area (Å²) in [4.78, 5) is 14.9. The first-order valence-corrected chi connectivity index (χ1v) is 11.4. The van der Waals surface area contributed by atoms with Gasteiger partial charge in [0.05, 0.1) is 4.90 Å². The summed E-state index contributed by atoms with van der Waals surface area (Å²) in [5.41, 5.74) is 3.30. The first-order valence-electron chi connectivity index (χ1n) is 9.49. The van der Waals surface area contributed by atoms with E-state index in [9.17, 15) is 18.3 Å². The first-order chi connectivity index (χ1) is 14.8. The highest BCUT2D eigenvalue weighted by molar-refractivity contribution is 7.89. The molecular formula is C23H19ClN2O4S. The molecule has 0 unspecified atom stereocenters.